The van der Waals surface area contributed by atoms with Gasteiger partial charge in [0.2, 0.25) is 5.88 Å². The second-order valence-corrected chi connectivity index (χ2v) is 8.19. The van der Waals surface area contributed by atoms with E-state index in [0.29, 0.717) is 46.8 Å². The molecule has 27 heavy (non-hydrogen) atoms. The van der Waals surface area contributed by atoms with Crippen LogP contribution in [0.5, 0.6) is 0 Å². The first-order valence-corrected chi connectivity index (χ1v) is 10.2. The van der Waals surface area contributed by atoms with Crippen molar-refractivity contribution >= 4 is 11.7 Å². The van der Waals surface area contributed by atoms with Gasteiger partial charge in [0.05, 0.1) is 5.57 Å². The van der Waals surface area contributed by atoms with Gasteiger partial charge in [-0.3, -0.25) is 5.41 Å². The van der Waals surface area contributed by atoms with E-state index in [-0.39, 0.29) is 0 Å². The van der Waals surface area contributed by atoms with E-state index < -0.39 is 0 Å². The standard InChI is InChI=1S/C20H34N6O/c1-13-12-26(10-9-18(13)24-16-7-5-4-6-8-16)19(22)17(11-14(2)21)20-23-15(3)25-27-20/h11,13,16,18,22,24H,4-10,12,21H2,1-3H3,(H,23,25)/b14-11-,20-17?,22-19?. The van der Waals surface area contributed by atoms with E-state index in [9.17, 15) is 0 Å². The van der Waals surface area contributed by atoms with Crippen LogP contribution in [-0.2, 0) is 4.84 Å². The third-order valence-electron chi connectivity index (χ3n) is 5.72. The van der Waals surface area contributed by atoms with E-state index in [0.717, 1.165) is 19.5 Å². The molecule has 7 heteroatoms. The average Bonchev–Trinajstić information content (AvgIpc) is 3.07. The SMILES string of the molecule is CC1=NOC(=C(/C=C(/C)N)C(=N)N2CCC(NC3CCCCC3)C(C)C2)N1. The number of likely N-dealkylation sites (tertiary alicyclic amines) is 1. The van der Waals surface area contributed by atoms with Crippen LogP contribution in [0, 0.1) is 11.3 Å². The highest BCUT2D eigenvalue weighted by atomic mass is 16.7. The normalized spacial score (nSPS) is 29.1. The minimum atomic E-state index is 0.440. The Morgan fingerprint density at radius 3 is 2.67 bits per heavy atom. The maximum atomic E-state index is 8.75. The van der Waals surface area contributed by atoms with Gasteiger partial charge in [-0.2, -0.15) is 0 Å². The molecule has 0 radical (unpaired) electrons. The first kappa shape index (κ1) is 19.7. The Balaban J connectivity index is 1.64. The van der Waals surface area contributed by atoms with Crippen molar-refractivity contribution in [2.75, 3.05) is 13.1 Å². The van der Waals surface area contributed by atoms with Crippen molar-refractivity contribution in [2.45, 2.75) is 71.4 Å². The van der Waals surface area contributed by atoms with Crippen molar-refractivity contribution < 1.29 is 4.84 Å². The summed E-state index contributed by atoms with van der Waals surface area (Å²) in [7, 11) is 0. The van der Waals surface area contributed by atoms with E-state index in [1.165, 1.54) is 32.1 Å². The number of amidine groups is 2. The summed E-state index contributed by atoms with van der Waals surface area (Å²) in [5, 5.41) is 19.6. The molecular weight excluding hydrogens is 340 g/mol. The predicted octanol–water partition coefficient (Wildman–Crippen LogP) is 2.62. The van der Waals surface area contributed by atoms with Crippen LogP contribution in [0.2, 0.25) is 0 Å². The van der Waals surface area contributed by atoms with Gasteiger partial charge in [-0.15, -0.1) is 0 Å². The zero-order valence-corrected chi connectivity index (χ0v) is 16.8. The van der Waals surface area contributed by atoms with Crippen LogP contribution in [0.1, 0.15) is 59.3 Å². The summed E-state index contributed by atoms with van der Waals surface area (Å²) in [4.78, 5) is 7.49. The summed E-state index contributed by atoms with van der Waals surface area (Å²) in [6.45, 7) is 7.66. The highest BCUT2D eigenvalue weighted by Gasteiger charge is 2.31. The fourth-order valence-electron chi connectivity index (χ4n) is 4.25. The maximum Gasteiger partial charge on any atom is 0.239 e. The lowest BCUT2D eigenvalue weighted by molar-refractivity contribution is 0.187. The quantitative estimate of drug-likeness (QED) is 0.448. The van der Waals surface area contributed by atoms with Gasteiger partial charge in [-0.05, 0) is 45.1 Å². The zero-order chi connectivity index (χ0) is 19.4. The molecule has 2 heterocycles. The molecule has 5 N–H and O–H groups in total. The molecular formula is C20H34N6O. The highest BCUT2D eigenvalue weighted by Crippen LogP contribution is 2.24. The number of oxime groups is 1. The fourth-order valence-corrected chi connectivity index (χ4v) is 4.25. The first-order valence-electron chi connectivity index (χ1n) is 10.2. The zero-order valence-electron chi connectivity index (χ0n) is 16.8. The molecule has 2 aliphatic heterocycles. The average molecular weight is 375 g/mol. The third kappa shape index (κ3) is 5.03. The van der Waals surface area contributed by atoms with Crippen LogP contribution in [-0.4, -0.2) is 41.7 Å². The van der Waals surface area contributed by atoms with E-state index in [1.54, 1.807) is 6.08 Å². The Morgan fingerprint density at radius 2 is 2.07 bits per heavy atom. The van der Waals surface area contributed by atoms with Crippen LogP contribution < -0.4 is 16.4 Å². The first-order chi connectivity index (χ1) is 12.9. The molecule has 2 fully saturated rings. The molecule has 1 saturated carbocycles. The molecule has 0 aromatic heterocycles. The van der Waals surface area contributed by atoms with Gasteiger partial charge >= 0.3 is 0 Å². The van der Waals surface area contributed by atoms with E-state index in [4.69, 9.17) is 16.0 Å². The fraction of sp³-hybridized carbons (Fsp3) is 0.700. The molecule has 0 aromatic rings. The van der Waals surface area contributed by atoms with Crippen molar-refractivity contribution in [1.82, 2.24) is 15.5 Å². The number of nitrogens with two attached hydrogens (primary N) is 1. The molecule has 2 unspecified atom stereocenters. The number of piperidine rings is 1. The number of allylic oxidation sites excluding steroid dienone is 1. The molecule has 3 rings (SSSR count). The molecule has 150 valence electrons. The molecule has 3 aliphatic rings. The number of hydrogen-bond donors (Lipinski definition) is 4. The molecule has 0 aromatic carbocycles. The largest absolute Gasteiger partial charge is 0.402 e. The van der Waals surface area contributed by atoms with Gasteiger partial charge < -0.3 is 26.1 Å². The Morgan fingerprint density at radius 1 is 1.33 bits per heavy atom. The van der Waals surface area contributed by atoms with E-state index in [1.807, 2.05) is 13.8 Å². The minimum Gasteiger partial charge on any atom is -0.402 e. The Labute approximate surface area is 162 Å². The molecule has 7 nitrogen and oxygen atoms in total. The Bertz CT molecular complexity index is 643. The Hall–Kier alpha value is -2.02. The Kier molecular flexibility index (Phi) is 6.42. The summed E-state index contributed by atoms with van der Waals surface area (Å²) in [6.07, 6.45) is 9.54. The third-order valence-corrected chi connectivity index (χ3v) is 5.72. The monoisotopic (exact) mass is 374 g/mol. The van der Waals surface area contributed by atoms with Crippen LogP contribution in [0.25, 0.3) is 0 Å². The van der Waals surface area contributed by atoms with Gasteiger partial charge in [-0.1, -0.05) is 31.3 Å². The lowest BCUT2D eigenvalue weighted by atomic mass is 9.89. The topological polar surface area (TPSA) is 98.8 Å². The maximum absolute atomic E-state index is 8.75. The second kappa shape index (κ2) is 8.78. The van der Waals surface area contributed by atoms with Crippen LogP contribution in [0.15, 0.2) is 28.4 Å². The summed E-state index contributed by atoms with van der Waals surface area (Å²) >= 11 is 0. The molecule has 0 spiro atoms. The van der Waals surface area contributed by atoms with Crippen molar-refractivity contribution in [3.05, 3.63) is 23.2 Å². The summed E-state index contributed by atoms with van der Waals surface area (Å²) in [6, 6.07) is 1.21. The van der Waals surface area contributed by atoms with Crippen molar-refractivity contribution in [2.24, 2.45) is 16.8 Å². The lowest BCUT2D eigenvalue weighted by Gasteiger charge is -2.41. The second-order valence-electron chi connectivity index (χ2n) is 8.19. The van der Waals surface area contributed by atoms with Gasteiger partial charge in [0.25, 0.3) is 0 Å². The van der Waals surface area contributed by atoms with Crippen molar-refractivity contribution in [3.63, 3.8) is 0 Å². The molecule has 0 bridgehead atoms. The molecule has 1 saturated heterocycles. The number of hydrogen-bond acceptors (Lipinski definition) is 6. The summed E-state index contributed by atoms with van der Waals surface area (Å²) in [5.41, 5.74) is 7.19. The lowest BCUT2D eigenvalue weighted by Crippen LogP contribution is -2.53. The van der Waals surface area contributed by atoms with Crippen molar-refractivity contribution in [1.29, 1.82) is 5.41 Å². The van der Waals surface area contributed by atoms with Crippen LogP contribution in [0.3, 0.4) is 0 Å². The number of nitrogens with one attached hydrogen (secondary N) is 3. The summed E-state index contributed by atoms with van der Waals surface area (Å²) in [5.74, 6) is 2.10. The van der Waals surface area contributed by atoms with Gasteiger partial charge in [0.1, 0.15) is 11.7 Å². The summed E-state index contributed by atoms with van der Waals surface area (Å²) < 4.78 is 0. The predicted molar refractivity (Wildman–Crippen MR) is 109 cm³/mol. The van der Waals surface area contributed by atoms with Gasteiger partial charge in [0.15, 0.2) is 0 Å². The van der Waals surface area contributed by atoms with Gasteiger partial charge in [0, 0.05) is 30.9 Å². The highest BCUT2D eigenvalue weighted by molar-refractivity contribution is 6.00. The van der Waals surface area contributed by atoms with Crippen molar-refractivity contribution in [3.8, 4) is 0 Å². The van der Waals surface area contributed by atoms with E-state index >= 15 is 0 Å². The van der Waals surface area contributed by atoms with Crippen LogP contribution >= 0.6 is 0 Å². The molecule has 1 aliphatic carbocycles. The smallest absolute Gasteiger partial charge is 0.239 e. The number of rotatable bonds is 4. The molecule has 2 atom stereocenters. The minimum absolute atomic E-state index is 0.440. The van der Waals surface area contributed by atoms with Gasteiger partial charge in [-0.25, -0.2) is 0 Å². The molecule has 0 amide bonds. The van der Waals surface area contributed by atoms with Crippen LogP contribution in [0.4, 0.5) is 0 Å². The van der Waals surface area contributed by atoms with E-state index in [2.05, 4.69) is 27.6 Å². The number of nitrogens with zero attached hydrogens (tertiary/aromatic N) is 2.